The number of carbonyl (C=O) groups is 1. The van der Waals surface area contributed by atoms with Gasteiger partial charge in [0.05, 0.1) is 12.2 Å². The number of unbranched alkanes of at least 4 members (excludes halogenated alkanes) is 13. The highest BCUT2D eigenvalue weighted by molar-refractivity contribution is 5.73. The van der Waals surface area contributed by atoms with Gasteiger partial charge in [0.15, 0.2) is 0 Å². The quantitative estimate of drug-likeness (QED) is 0.103. The SMILES string of the molecule is C=CCC(CCCCCCCCCCCCCCCC)C(=O)OC=C. The van der Waals surface area contributed by atoms with Gasteiger partial charge in [-0.2, -0.15) is 0 Å². The van der Waals surface area contributed by atoms with Gasteiger partial charge in [0.1, 0.15) is 0 Å². The molecule has 0 rings (SSSR count). The third kappa shape index (κ3) is 16.2. The fourth-order valence-electron chi connectivity index (χ4n) is 3.30. The van der Waals surface area contributed by atoms with Crippen molar-refractivity contribution in [2.24, 2.45) is 5.92 Å². The number of ether oxygens (including phenoxy) is 1. The molecule has 0 spiro atoms. The zero-order valence-corrected chi connectivity index (χ0v) is 16.8. The average Bonchev–Trinajstić information content (AvgIpc) is 2.61. The molecule has 0 aliphatic carbocycles. The highest BCUT2D eigenvalue weighted by Gasteiger charge is 2.17. The maximum Gasteiger partial charge on any atom is 0.314 e. The van der Waals surface area contributed by atoms with E-state index in [2.05, 4.69) is 20.1 Å². The normalized spacial score (nSPS) is 11.9. The van der Waals surface area contributed by atoms with Crippen molar-refractivity contribution in [2.45, 2.75) is 110 Å². The molecule has 0 heterocycles. The summed E-state index contributed by atoms with van der Waals surface area (Å²) in [7, 11) is 0. The smallest absolute Gasteiger partial charge is 0.314 e. The fraction of sp³-hybridized carbons (Fsp3) is 0.783. The van der Waals surface area contributed by atoms with Gasteiger partial charge in [-0.1, -0.05) is 109 Å². The second-order valence-electron chi connectivity index (χ2n) is 7.21. The summed E-state index contributed by atoms with van der Waals surface area (Å²) in [5.41, 5.74) is 0. The van der Waals surface area contributed by atoms with Gasteiger partial charge < -0.3 is 4.74 Å². The van der Waals surface area contributed by atoms with Crippen LogP contribution in [0.25, 0.3) is 0 Å². The van der Waals surface area contributed by atoms with Gasteiger partial charge in [-0.15, -0.1) is 6.58 Å². The lowest BCUT2D eigenvalue weighted by Gasteiger charge is -2.12. The van der Waals surface area contributed by atoms with Gasteiger partial charge in [0, 0.05) is 0 Å². The predicted molar refractivity (Wildman–Crippen MR) is 110 cm³/mol. The summed E-state index contributed by atoms with van der Waals surface area (Å²) >= 11 is 0. The molecule has 0 bridgehead atoms. The van der Waals surface area contributed by atoms with E-state index in [-0.39, 0.29) is 11.9 Å². The van der Waals surface area contributed by atoms with E-state index in [0.29, 0.717) is 6.42 Å². The number of hydrogen-bond donors (Lipinski definition) is 0. The van der Waals surface area contributed by atoms with Gasteiger partial charge in [0.2, 0.25) is 0 Å². The molecule has 146 valence electrons. The van der Waals surface area contributed by atoms with E-state index in [1.807, 2.05) is 0 Å². The summed E-state index contributed by atoms with van der Waals surface area (Å²) in [6.45, 7) is 9.45. The van der Waals surface area contributed by atoms with Crippen molar-refractivity contribution in [3.63, 3.8) is 0 Å². The minimum atomic E-state index is -0.162. The fourth-order valence-corrected chi connectivity index (χ4v) is 3.30. The van der Waals surface area contributed by atoms with Gasteiger partial charge in [0.25, 0.3) is 0 Å². The van der Waals surface area contributed by atoms with Crippen LogP contribution < -0.4 is 0 Å². The third-order valence-electron chi connectivity index (χ3n) is 4.89. The predicted octanol–water partition coefficient (Wildman–Crippen LogP) is 7.74. The highest BCUT2D eigenvalue weighted by Crippen LogP contribution is 2.18. The number of rotatable bonds is 19. The first-order valence-electron chi connectivity index (χ1n) is 10.7. The summed E-state index contributed by atoms with van der Waals surface area (Å²) < 4.78 is 4.90. The number of allylic oxidation sites excluding steroid dienone is 1. The highest BCUT2D eigenvalue weighted by atomic mass is 16.5. The Bertz CT molecular complexity index is 322. The summed E-state index contributed by atoms with van der Waals surface area (Å²) in [5, 5.41) is 0. The molecular formula is C23H42O2. The Kier molecular flexibility index (Phi) is 18.5. The molecule has 2 nitrogen and oxygen atoms in total. The van der Waals surface area contributed by atoms with Gasteiger partial charge in [-0.05, 0) is 12.8 Å². The largest absolute Gasteiger partial charge is 0.435 e. The molecule has 2 heteroatoms. The molecule has 0 aromatic carbocycles. The maximum absolute atomic E-state index is 11.8. The number of carbonyl (C=O) groups excluding carboxylic acids is 1. The molecule has 0 aromatic heterocycles. The molecule has 0 aliphatic heterocycles. The lowest BCUT2D eigenvalue weighted by molar-refractivity contribution is -0.142. The molecule has 0 saturated carbocycles. The maximum atomic E-state index is 11.8. The minimum Gasteiger partial charge on any atom is -0.435 e. The molecule has 0 N–H and O–H groups in total. The molecule has 0 aliphatic rings. The van der Waals surface area contributed by atoms with E-state index in [1.54, 1.807) is 6.08 Å². The second kappa shape index (κ2) is 19.3. The Hall–Kier alpha value is -1.05. The average molecular weight is 351 g/mol. The topological polar surface area (TPSA) is 26.3 Å². The zero-order valence-electron chi connectivity index (χ0n) is 16.8. The Labute approximate surface area is 157 Å². The Balaban J connectivity index is 3.38. The standard InChI is InChI=1S/C23H42O2/c1-4-7-8-9-10-11-12-13-14-15-16-17-18-19-21-22(20-5-2)23(24)25-6-3/h5-6,22H,2-4,7-21H2,1H3. The van der Waals surface area contributed by atoms with Crippen LogP contribution in [-0.2, 0) is 9.53 Å². The molecule has 0 saturated heterocycles. The van der Waals surface area contributed by atoms with Crippen LogP contribution in [0.2, 0.25) is 0 Å². The van der Waals surface area contributed by atoms with Gasteiger partial charge in [-0.3, -0.25) is 4.79 Å². The van der Waals surface area contributed by atoms with Crippen LogP contribution in [0.5, 0.6) is 0 Å². The van der Waals surface area contributed by atoms with Crippen molar-refractivity contribution in [2.75, 3.05) is 0 Å². The van der Waals surface area contributed by atoms with E-state index < -0.39 is 0 Å². The molecule has 0 fully saturated rings. The van der Waals surface area contributed by atoms with Crippen LogP contribution in [0, 0.1) is 5.92 Å². The van der Waals surface area contributed by atoms with Crippen molar-refractivity contribution >= 4 is 5.97 Å². The van der Waals surface area contributed by atoms with Crippen LogP contribution in [0.15, 0.2) is 25.5 Å². The zero-order chi connectivity index (χ0) is 18.6. The van der Waals surface area contributed by atoms with E-state index in [1.165, 1.54) is 89.7 Å². The van der Waals surface area contributed by atoms with Gasteiger partial charge >= 0.3 is 5.97 Å². The molecule has 25 heavy (non-hydrogen) atoms. The first-order valence-corrected chi connectivity index (χ1v) is 10.7. The van der Waals surface area contributed by atoms with E-state index in [4.69, 9.17) is 4.74 Å². The summed E-state index contributed by atoms with van der Waals surface area (Å²) in [5.74, 6) is -0.211. The number of hydrogen-bond acceptors (Lipinski definition) is 2. The summed E-state index contributed by atoms with van der Waals surface area (Å²) in [4.78, 5) is 11.8. The van der Waals surface area contributed by atoms with Crippen molar-refractivity contribution in [1.82, 2.24) is 0 Å². The summed E-state index contributed by atoms with van der Waals surface area (Å²) in [6.07, 6.45) is 23.6. The molecule has 0 amide bonds. The first kappa shape index (κ1) is 23.9. The lowest BCUT2D eigenvalue weighted by Crippen LogP contribution is -2.15. The monoisotopic (exact) mass is 350 g/mol. The first-order chi connectivity index (χ1) is 12.3. The van der Waals surface area contributed by atoms with Crippen LogP contribution in [0.1, 0.15) is 110 Å². The Morgan fingerprint density at radius 1 is 0.800 bits per heavy atom. The second-order valence-corrected chi connectivity index (χ2v) is 7.21. The van der Waals surface area contributed by atoms with Crippen LogP contribution in [0.4, 0.5) is 0 Å². The Morgan fingerprint density at radius 2 is 1.24 bits per heavy atom. The van der Waals surface area contributed by atoms with Crippen molar-refractivity contribution in [3.8, 4) is 0 Å². The number of esters is 1. The lowest BCUT2D eigenvalue weighted by atomic mass is 9.97. The van der Waals surface area contributed by atoms with E-state index >= 15 is 0 Å². The minimum absolute atomic E-state index is 0.0483. The third-order valence-corrected chi connectivity index (χ3v) is 4.89. The molecule has 0 radical (unpaired) electrons. The van der Waals surface area contributed by atoms with Crippen LogP contribution in [-0.4, -0.2) is 5.97 Å². The van der Waals surface area contributed by atoms with Crippen molar-refractivity contribution in [3.05, 3.63) is 25.5 Å². The van der Waals surface area contributed by atoms with Crippen LogP contribution >= 0.6 is 0 Å². The summed E-state index contributed by atoms with van der Waals surface area (Å²) in [6, 6.07) is 0. The van der Waals surface area contributed by atoms with Crippen molar-refractivity contribution in [1.29, 1.82) is 0 Å². The molecular weight excluding hydrogens is 308 g/mol. The molecule has 1 atom stereocenters. The van der Waals surface area contributed by atoms with E-state index in [0.717, 1.165) is 12.8 Å². The van der Waals surface area contributed by atoms with Crippen molar-refractivity contribution < 1.29 is 9.53 Å². The molecule has 0 aromatic rings. The van der Waals surface area contributed by atoms with Gasteiger partial charge in [-0.25, -0.2) is 0 Å². The van der Waals surface area contributed by atoms with E-state index in [9.17, 15) is 4.79 Å². The molecule has 1 unspecified atom stereocenters. The van der Waals surface area contributed by atoms with Crippen LogP contribution in [0.3, 0.4) is 0 Å². The Morgan fingerprint density at radius 3 is 1.64 bits per heavy atom.